The zero-order valence-corrected chi connectivity index (χ0v) is 20.5. The van der Waals surface area contributed by atoms with Gasteiger partial charge in [0.15, 0.2) is 11.5 Å². The van der Waals surface area contributed by atoms with Crippen molar-refractivity contribution in [1.29, 1.82) is 0 Å². The monoisotopic (exact) mass is 505 g/mol. The van der Waals surface area contributed by atoms with E-state index >= 15 is 0 Å². The predicted octanol–water partition coefficient (Wildman–Crippen LogP) is -0.888. The van der Waals surface area contributed by atoms with Crippen molar-refractivity contribution < 1.29 is 30.0 Å². The fraction of sp³-hybridized carbons (Fsp3) is 0.522. The van der Waals surface area contributed by atoms with Gasteiger partial charge >= 0.3 is 11.7 Å². The van der Waals surface area contributed by atoms with E-state index in [-0.39, 0.29) is 37.0 Å². The summed E-state index contributed by atoms with van der Waals surface area (Å²) in [5.41, 5.74) is -0.405. The molecule has 6 N–H and O–H groups in total. The molecule has 13 nitrogen and oxygen atoms in total. The number of aryl methyl sites for hydroxylation is 1. The molecule has 3 rings (SSSR count). The quantitative estimate of drug-likeness (QED) is 0.156. The zero-order valence-electron chi connectivity index (χ0n) is 20.5. The molecule has 3 atom stereocenters. The van der Waals surface area contributed by atoms with E-state index in [4.69, 9.17) is 9.84 Å². The number of aromatic amines is 1. The third kappa shape index (κ3) is 6.23. The van der Waals surface area contributed by atoms with Crippen LogP contribution in [-0.2, 0) is 16.1 Å². The number of H-pyrrole nitrogens is 1. The Labute approximate surface area is 205 Å². The fourth-order valence-corrected chi connectivity index (χ4v) is 3.67. The average molecular weight is 506 g/mol. The Balaban J connectivity index is 2.05. The van der Waals surface area contributed by atoms with Gasteiger partial charge in [-0.25, -0.2) is 9.78 Å². The van der Waals surface area contributed by atoms with Gasteiger partial charge in [0.2, 0.25) is 0 Å². The number of carbonyl (C=O) groups is 1. The lowest BCUT2D eigenvalue weighted by Crippen LogP contribution is -2.42. The molecule has 2 aliphatic rings. The van der Waals surface area contributed by atoms with E-state index in [9.17, 15) is 29.7 Å². The van der Waals surface area contributed by atoms with Crippen LogP contribution in [0.4, 0.5) is 5.69 Å². The highest BCUT2D eigenvalue weighted by Gasteiger charge is 2.27. The molecular formula is C23H31N5O8. The molecule has 2 aliphatic heterocycles. The lowest BCUT2D eigenvalue weighted by atomic mass is 10.1. The largest absolute Gasteiger partial charge is 0.460 e. The van der Waals surface area contributed by atoms with Gasteiger partial charge in [-0.05, 0) is 45.4 Å². The maximum atomic E-state index is 12.4. The van der Waals surface area contributed by atoms with Crippen LogP contribution in [0.15, 0.2) is 21.7 Å². The van der Waals surface area contributed by atoms with Gasteiger partial charge < -0.3 is 35.0 Å². The molecule has 0 aliphatic carbocycles. The number of nitrogens with one attached hydrogen (secondary N) is 2. The smallest absolute Gasteiger partial charge is 0.349 e. The van der Waals surface area contributed by atoms with Gasteiger partial charge in [0, 0.05) is 12.2 Å². The van der Waals surface area contributed by atoms with Crippen LogP contribution in [0.25, 0.3) is 22.6 Å². The predicted molar refractivity (Wildman–Crippen MR) is 130 cm³/mol. The third-order valence-corrected chi connectivity index (χ3v) is 5.36. The molecule has 0 bridgehead atoms. The Morgan fingerprint density at radius 2 is 1.86 bits per heavy atom. The van der Waals surface area contributed by atoms with E-state index in [0.717, 1.165) is 5.56 Å². The van der Waals surface area contributed by atoms with E-state index in [1.165, 1.54) is 4.57 Å². The van der Waals surface area contributed by atoms with Crippen molar-refractivity contribution in [1.82, 2.24) is 19.5 Å². The van der Waals surface area contributed by atoms with Gasteiger partial charge in [0.25, 0.3) is 5.56 Å². The summed E-state index contributed by atoms with van der Waals surface area (Å²) in [6.45, 7) is 6.22. The molecule has 1 aromatic carbocycles. The van der Waals surface area contributed by atoms with Crippen LogP contribution >= 0.6 is 0 Å². The van der Waals surface area contributed by atoms with Crippen LogP contribution in [0, 0.1) is 6.92 Å². The number of esters is 1. The number of benzene rings is 1. The molecule has 3 unspecified atom stereocenters. The van der Waals surface area contributed by atoms with E-state index in [0.29, 0.717) is 16.7 Å². The van der Waals surface area contributed by atoms with Crippen molar-refractivity contribution in [2.24, 2.45) is 0 Å². The minimum Gasteiger partial charge on any atom is -0.460 e. The van der Waals surface area contributed by atoms with Crippen LogP contribution in [0.1, 0.15) is 32.8 Å². The molecule has 0 fully saturated rings. The van der Waals surface area contributed by atoms with Gasteiger partial charge in [-0.2, -0.15) is 4.98 Å². The minimum atomic E-state index is -1.72. The first-order valence-electron chi connectivity index (χ1n) is 11.4. The summed E-state index contributed by atoms with van der Waals surface area (Å²) in [5, 5.41) is 42.7. The zero-order chi connectivity index (χ0) is 26.8. The first-order chi connectivity index (χ1) is 16.8. The Hall–Kier alpha value is -3.39. The van der Waals surface area contributed by atoms with Gasteiger partial charge in [-0.1, -0.05) is 0 Å². The lowest BCUT2D eigenvalue weighted by Gasteiger charge is -2.25. The van der Waals surface area contributed by atoms with Crippen molar-refractivity contribution in [2.45, 2.75) is 64.6 Å². The first-order valence-corrected chi connectivity index (χ1v) is 11.4. The molecule has 1 aromatic rings. The number of aliphatic hydroxyl groups excluding tert-OH is 4. The minimum absolute atomic E-state index is 0.102. The molecule has 0 aromatic heterocycles. The number of aliphatic hydroxyl groups is 4. The van der Waals surface area contributed by atoms with Crippen molar-refractivity contribution in [3.63, 3.8) is 0 Å². The Morgan fingerprint density at radius 3 is 2.50 bits per heavy atom. The fourth-order valence-electron chi connectivity index (χ4n) is 3.67. The summed E-state index contributed by atoms with van der Waals surface area (Å²) in [7, 11) is 0. The van der Waals surface area contributed by atoms with Crippen molar-refractivity contribution >= 4 is 22.7 Å². The summed E-state index contributed by atoms with van der Waals surface area (Å²) in [6, 6.07) is 3.33. The number of aromatic nitrogens is 4. The summed E-state index contributed by atoms with van der Waals surface area (Å²) in [4.78, 5) is 46.6. The standard InChI is InChI=1S/C23H31N5O8/c1-11-7-13-14(8-12(11)24-6-5-17(32)36-23(2,3)4)28(9-15(30)19(33)16(31)10-29)20-18(25-13)21(34)27-22(35)26-20/h7-8,15-16,19,24,29-31,33H,5-6,9-10H2,1-4H3,(H,27,34,35). The summed E-state index contributed by atoms with van der Waals surface area (Å²) < 4.78 is 6.65. The maximum absolute atomic E-state index is 12.4. The van der Waals surface area contributed by atoms with Crippen LogP contribution in [-0.4, -0.2) is 83.0 Å². The van der Waals surface area contributed by atoms with Crippen LogP contribution in [0.5, 0.6) is 0 Å². The van der Waals surface area contributed by atoms with Gasteiger partial charge in [-0.15, -0.1) is 0 Å². The number of rotatable bonds is 9. The molecule has 0 saturated heterocycles. The number of carbonyl (C=O) groups excluding carboxylic acids is 1. The van der Waals surface area contributed by atoms with Gasteiger partial charge in [-0.3, -0.25) is 14.6 Å². The molecule has 0 amide bonds. The highest BCUT2D eigenvalue weighted by Crippen LogP contribution is 2.27. The molecule has 0 radical (unpaired) electrons. The highest BCUT2D eigenvalue weighted by atomic mass is 16.6. The van der Waals surface area contributed by atoms with Crippen LogP contribution in [0.3, 0.4) is 0 Å². The highest BCUT2D eigenvalue weighted by molar-refractivity contribution is 5.84. The van der Waals surface area contributed by atoms with Crippen molar-refractivity contribution in [2.75, 3.05) is 18.5 Å². The number of nitrogens with zero attached hydrogens (tertiary/aromatic N) is 3. The number of ether oxygens (including phenoxy) is 1. The second-order valence-electron chi connectivity index (χ2n) is 9.49. The molecular weight excluding hydrogens is 474 g/mol. The van der Waals surface area contributed by atoms with Crippen LogP contribution in [0.2, 0.25) is 0 Å². The number of hydrogen-bond donors (Lipinski definition) is 6. The first kappa shape index (κ1) is 27.2. The Kier molecular flexibility index (Phi) is 8.09. The second kappa shape index (κ2) is 10.7. The number of fused-ring (bicyclic) bond motifs is 2. The molecule has 0 saturated carbocycles. The molecule has 2 heterocycles. The van der Waals surface area contributed by atoms with E-state index in [2.05, 4.69) is 15.3 Å². The molecule has 0 spiro atoms. The summed E-state index contributed by atoms with van der Waals surface area (Å²) >= 11 is 0. The summed E-state index contributed by atoms with van der Waals surface area (Å²) in [6.07, 6.45) is -4.82. The molecule has 196 valence electrons. The number of hydrogen-bond acceptors (Lipinski definition) is 11. The van der Waals surface area contributed by atoms with Gasteiger partial charge in [0.1, 0.15) is 23.9 Å². The maximum Gasteiger partial charge on any atom is 0.349 e. The Morgan fingerprint density at radius 1 is 1.17 bits per heavy atom. The van der Waals surface area contributed by atoms with Crippen molar-refractivity contribution in [3.8, 4) is 11.5 Å². The van der Waals surface area contributed by atoms with Gasteiger partial charge in [0.05, 0.1) is 30.6 Å². The van der Waals surface area contributed by atoms with E-state index in [1.807, 2.05) is 4.98 Å². The third-order valence-electron chi connectivity index (χ3n) is 5.36. The Bertz CT molecular complexity index is 1330. The molecule has 13 heteroatoms. The number of anilines is 1. The second-order valence-corrected chi connectivity index (χ2v) is 9.49. The van der Waals surface area contributed by atoms with Crippen molar-refractivity contribution in [3.05, 3.63) is 38.5 Å². The molecule has 36 heavy (non-hydrogen) atoms. The summed E-state index contributed by atoms with van der Waals surface area (Å²) in [5.74, 6) is -0.508. The van der Waals surface area contributed by atoms with E-state index < -0.39 is 41.8 Å². The SMILES string of the molecule is Cc1cc2nc3c(=O)[nH]c(=O)nc-3n(CC(O)C(O)C(O)CO)c2cc1NCCC(=O)OC(C)(C)C. The topological polar surface area (TPSA) is 200 Å². The van der Waals surface area contributed by atoms with E-state index in [1.54, 1.807) is 39.8 Å². The average Bonchev–Trinajstić information content (AvgIpc) is 2.77. The van der Waals surface area contributed by atoms with Crippen LogP contribution < -0.4 is 16.6 Å². The normalized spacial score (nSPS) is 14.6. The lowest BCUT2D eigenvalue weighted by molar-refractivity contribution is -0.154.